The summed E-state index contributed by atoms with van der Waals surface area (Å²) < 4.78 is 0. The van der Waals surface area contributed by atoms with E-state index in [1.807, 2.05) is 54.6 Å². The minimum Gasteiger partial charge on any atom is -0.375 e. The van der Waals surface area contributed by atoms with E-state index in [4.69, 9.17) is 0 Å². The number of hydrogen-bond acceptors (Lipinski definition) is 5. The predicted octanol–water partition coefficient (Wildman–Crippen LogP) is 6.84. The Balaban J connectivity index is 1.36. The van der Waals surface area contributed by atoms with Crippen LogP contribution in [-0.4, -0.2) is 18.0 Å². The molecule has 1 aliphatic carbocycles. The summed E-state index contributed by atoms with van der Waals surface area (Å²) in [5.74, 6) is 0. The molecule has 0 atom stereocenters. The van der Waals surface area contributed by atoms with Gasteiger partial charge in [0, 0.05) is 18.8 Å². The molecule has 1 fully saturated rings. The second kappa shape index (κ2) is 8.54. The van der Waals surface area contributed by atoms with Gasteiger partial charge in [0.05, 0.1) is 22.8 Å². The Hall–Kier alpha value is -3.08. The second-order valence-electron chi connectivity index (χ2n) is 6.76. The number of allylic oxidation sites excluding steroid dienone is 4. The smallest absolute Gasteiger partial charge is 0.0858 e. The maximum absolute atomic E-state index is 4.41. The highest BCUT2D eigenvalue weighted by atomic mass is 15.2. The van der Waals surface area contributed by atoms with Gasteiger partial charge in [0.25, 0.3) is 0 Å². The molecule has 0 aromatic heterocycles. The first kappa shape index (κ1) is 17.3. The molecule has 1 heterocycles. The van der Waals surface area contributed by atoms with Crippen LogP contribution in [-0.2, 0) is 0 Å². The van der Waals surface area contributed by atoms with E-state index in [0.29, 0.717) is 0 Å². The van der Waals surface area contributed by atoms with Gasteiger partial charge in [-0.3, -0.25) is 0 Å². The summed E-state index contributed by atoms with van der Waals surface area (Å²) in [6.45, 7) is 2.40. The SMILES string of the molecule is C1=C(N=Nc2ccc(N=Nc3ccccc3)cc2)CCC(N2CCCC2)=C1. The molecule has 5 nitrogen and oxygen atoms in total. The molecule has 1 saturated heterocycles. The molecule has 0 saturated carbocycles. The van der Waals surface area contributed by atoms with Crippen LogP contribution in [0.25, 0.3) is 0 Å². The molecule has 4 rings (SSSR count). The molecule has 2 aromatic carbocycles. The van der Waals surface area contributed by atoms with Gasteiger partial charge in [0.1, 0.15) is 0 Å². The zero-order valence-corrected chi connectivity index (χ0v) is 15.3. The number of benzene rings is 2. The first-order chi connectivity index (χ1) is 13.4. The summed E-state index contributed by atoms with van der Waals surface area (Å²) in [6.07, 6.45) is 8.95. The lowest BCUT2D eigenvalue weighted by molar-refractivity contribution is 0.406. The van der Waals surface area contributed by atoms with Crippen LogP contribution in [0.15, 0.2) is 98.6 Å². The van der Waals surface area contributed by atoms with Gasteiger partial charge in [0.15, 0.2) is 0 Å². The van der Waals surface area contributed by atoms with Crippen molar-refractivity contribution in [2.24, 2.45) is 20.5 Å². The van der Waals surface area contributed by atoms with Crippen molar-refractivity contribution in [2.75, 3.05) is 13.1 Å². The monoisotopic (exact) mass is 357 g/mol. The fourth-order valence-corrected chi connectivity index (χ4v) is 3.28. The highest BCUT2D eigenvalue weighted by molar-refractivity contribution is 5.47. The minimum atomic E-state index is 0.799. The lowest BCUT2D eigenvalue weighted by Gasteiger charge is -2.23. The van der Waals surface area contributed by atoms with Crippen LogP contribution in [0, 0.1) is 0 Å². The van der Waals surface area contributed by atoms with E-state index in [0.717, 1.165) is 35.6 Å². The van der Waals surface area contributed by atoms with Crippen molar-refractivity contribution >= 4 is 17.1 Å². The number of hydrogen-bond donors (Lipinski definition) is 0. The van der Waals surface area contributed by atoms with Gasteiger partial charge < -0.3 is 4.90 Å². The Bertz CT molecular complexity index is 873. The Morgan fingerprint density at radius 2 is 1.19 bits per heavy atom. The van der Waals surface area contributed by atoms with Crippen LogP contribution in [0.4, 0.5) is 17.1 Å². The Morgan fingerprint density at radius 3 is 1.78 bits per heavy atom. The lowest BCUT2D eigenvalue weighted by atomic mass is 10.1. The average molecular weight is 357 g/mol. The van der Waals surface area contributed by atoms with Crippen LogP contribution in [0.3, 0.4) is 0 Å². The van der Waals surface area contributed by atoms with E-state index in [9.17, 15) is 0 Å². The maximum atomic E-state index is 4.41. The van der Waals surface area contributed by atoms with Crippen molar-refractivity contribution in [3.8, 4) is 0 Å². The van der Waals surface area contributed by atoms with Crippen LogP contribution in [0.5, 0.6) is 0 Å². The topological polar surface area (TPSA) is 52.7 Å². The van der Waals surface area contributed by atoms with Crippen molar-refractivity contribution in [3.05, 3.63) is 78.1 Å². The molecule has 0 amide bonds. The fraction of sp³-hybridized carbons (Fsp3) is 0.273. The Kier molecular flexibility index (Phi) is 5.48. The van der Waals surface area contributed by atoms with Crippen LogP contribution in [0.1, 0.15) is 25.7 Å². The third-order valence-electron chi connectivity index (χ3n) is 4.80. The second-order valence-corrected chi connectivity index (χ2v) is 6.76. The van der Waals surface area contributed by atoms with E-state index >= 15 is 0 Å². The van der Waals surface area contributed by atoms with Gasteiger partial charge in [-0.1, -0.05) is 18.2 Å². The molecule has 2 aliphatic rings. The Labute approximate surface area is 159 Å². The number of nitrogens with zero attached hydrogens (tertiary/aromatic N) is 5. The predicted molar refractivity (Wildman–Crippen MR) is 108 cm³/mol. The largest absolute Gasteiger partial charge is 0.375 e. The fourth-order valence-electron chi connectivity index (χ4n) is 3.28. The first-order valence-corrected chi connectivity index (χ1v) is 9.50. The van der Waals surface area contributed by atoms with E-state index in [-0.39, 0.29) is 0 Å². The summed E-state index contributed by atoms with van der Waals surface area (Å²) in [7, 11) is 0. The van der Waals surface area contributed by atoms with Crippen molar-refractivity contribution < 1.29 is 0 Å². The molecule has 5 heteroatoms. The summed E-state index contributed by atoms with van der Waals surface area (Å²) in [5, 5.41) is 17.2. The molecule has 0 spiro atoms. The zero-order valence-electron chi connectivity index (χ0n) is 15.3. The highest BCUT2D eigenvalue weighted by Crippen LogP contribution is 2.27. The molecule has 1 aliphatic heterocycles. The summed E-state index contributed by atoms with van der Waals surface area (Å²) in [6, 6.07) is 17.3. The average Bonchev–Trinajstić information content (AvgIpc) is 3.28. The molecule has 27 heavy (non-hydrogen) atoms. The molecule has 136 valence electrons. The van der Waals surface area contributed by atoms with Gasteiger partial charge in [0.2, 0.25) is 0 Å². The van der Waals surface area contributed by atoms with Crippen molar-refractivity contribution in [1.82, 2.24) is 4.90 Å². The van der Waals surface area contributed by atoms with Crippen molar-refractivity contribution in [3.63, 3.8) is 0 Å². The number of azo groups is 2. The number of rotatable bonds is 5. The summed E-state index contributed by atoms with van der Waals surface area (Å²) >= 11 is 0. The van der Waals surface area contributed by atoms with E-state index in [2.05, 4.69) is 37.5 Å². The highest BCUT2D eigenvalue weighted by Gasteiger charge is 2.16. The van der Waals surface area contributed by atoms with E-state index in [1.165, 1.54) is 31.6 Å². The number of likely N-dealkylation sites (tertiary alicyclic amines) is 1. The maximum Gasteiger partial charge on any atom is 0.0858 e. The van der Waals surface area contributed by atoms with Gasteiger partial charge in [-0.2, -0.15) is 20.5 Å². The summed E-state index contributed by atoms with van der Waals surface area (Å²) in [5.41, 5.74) is 4.94. The zero-order chi connectivity index (χ0) is 18.3. The Morgan fingerprint density at radius 1 is 0.593 bits per heavy atom. The molecular formula is C22H23N5. The van der Waals surface area contributed by atoms with Crippen molar-refractivity contribution in [1.29, 1.82) is 0 Å². The lowest BCUT2D eigenvalue weighted by Crippen LogP contribution is -2.19. The van der Waals surface area contributed by atoms with Gasteiger partial charge in [-0.25, -0.2) is 0 Å². The van der Waals surface area contributed by atoms with E-state index < -0.39 is 0 Å². The molecule has 2 aromatic rings. The van der Waals surface area contributed by atoms with Crippen LogP contribution in [0.2, 0.25) is 0 Å². The van der Waals surface area contributed by atoms with Crippen LogP contribution >= 0.6 is 0 Å². The quantitative estimate of drug-likeness (QED) is 0.540. The van der Waals surface area contributed by atoms with E-state index in [1.54, 1.807) is 0 Å². The van der Waals surface area contributed by atoms with Gasteiger partial charge >= 0.3 is 0 Å². The van der Waals surface area contributed by atoms with Crippen molar-refractivity contribution in [2.45, 2.75) is 25.7 Å². The molecule has 0 unspecified atom stereocenters. The third-order valence-corrected chi connectivity index (χ3v) is 4.80. The first-order valence-electron chi connectivity index (χ1n) is 9.50. The molecular weight excluding hydrogens is 334 g/mol. The molecule has 0 N–H and O–H groups in total. The van der Waals surface area contributed by atoms with Gasteiger partial charge in [-0.15, -0.1) is 0 Å². The molecule has 0 radical (unpaired) electrons. The van der Waals surface area contributed by atoms with Crippen LogP contribution < -0.4 is 0 Å². The summed E-state index contributed by atoms with van der Waals surface area (Å²) in [4.78, 5) is 2.49. The minimum absolute atomic E-state index is 0.799. The normalized spacial score (nSPS) is 17.6. The third kappa shape index (κ3) is 4.76. The standard InChI is InChI=1S/C22H23N5/c1-2-6-18(7-3-1)23-24-19-8-10-20(11-9-19)25-26-21-12-14-22(15-13-21)27-16-4-5-17-27/h1-3,6-12,14H,4-5,13,15-17H2. The van der Waals surface area contributed by atoms with Gasteiger partial charge in [-0.05, 0) is 74.2 Å². The molecule has 0 bridgehead atoms.